The molecule has 4 heteroatoms. The van der Waals surface area contributed by atoms with Crippen LogP contribution >= 0.6 is 0 Å². The van der Waals surface area contributed by atoms with E-state index in [0.29, 0.717) is 17.5 Å². The lowest BCUT2D eigenvalue weighted by Gasteiger charge is -2.21. The molecule has 2 aromatic rings. The van der Waals surface area contributed by atoms with Gasteiger partial charge in [-0.2, -0.15) is 0 Å². The van der Waals surface area contributed by atoms with Gasteiger partial charge in [0.2, 0.25) is 5.90 Å². The number of allylic oxidation sites excluding steroid dienone is 1. The zero-order valence-corrected chi connectivity index (χ0v) is 16.9. The van der Waals surface area contributed by atoms with Crippen LogP contribution in [0.1, 0.15) is 63.0 Å². The second-order valence-electron chi connectivity index (χ2n) is 7.43. The van der Waals surface area contributed by atoms with Crippen LogP contribution in [0, 0.1) is 0 Å². The van der Waals surface area contributed by atoms with E-state index >= 15 is 0 Å². The molecule has 2 aromatic carbocycles. The van der Waals surface area contributed by atoms with Crippen LogP contribution in [0.4, 0.5) is 4.39 Å². The van der Waals surface area contributed by atoms with Crippen molar-refractivity contribution in [2.24, 2.45) is 4.99 Å². The number of rotatable bonds is 10. The Morgan fingerprint density at radius 2 is 1.66 bits per heavy atom. The molecule has 0 N–H and O–H groups in total. The normalized spacial score (nSPS) is 19.2. The van der Waals surface area contributed by atoms with Gasteiger partial charge >= 0.3 is 5.97 Å². The van der Waals surface area contributed by atoms with Gasteiger partial charge in [-0.1, -0.05) is 87.2 Å². The quantitative estimate of drug-likeness (QED) is 0.342. The SMILES string of the molecule is CCCCCCC/C=C(\F)CC1(c2ccccc2)N=C(c2ccccc2)OC1=O. The summed E-state index contributed by atoms with van der Waals surface area (Å²) in [7, 11) is 0. The number of carbonyl (C=O) groups is 1. The highest BCUT2D eigenvalue weighted by atomic mass is 19.1. The van der Waals surface area contributed by atoms with Crippen LogP contribution in [0.3, 0.4) is 0 Å². The van der Waals surface area contributed by atoms with E-state index < -0.39 is 11.5 Å². The van der Waals surface area contributed by atoms with E-state index in [0.717, 1.165) is 12.8 Å². The Kier molecular flexibility index (Phi) is 7.34. The van der Waals surface area contributed by atoms with Crippen molar-refractivity contribution in [3.05, 3.63) is 83.7 Å². The highest BCUT2D eigenvalue weighted by Crippen LogP contribution is 2.39. The van der Waals surface area contributed by atoms with Crippen molar-refractivity contribution >= 4 is 11.9 Å². The molecule has 1 heterocycles. The minimum absolute atomic E-state index is 0.124. The number of nitrogens with zero attached hydrogens (tertiary/aromatic N) is 1. The maximum atomic E-state index is 14.8. The van der Waals surface area contributed by atoms with Gasteiger partial charge in [-0.05, 0) is 30.5 Å². The van der Waals surface area contributed by atoms with Gasteiger partial charge in [-0.25, -0.2) is 14.2 Å². The Bertz CT molecular complexity index is 861. The fourth-order valence-electron chi connectivity index (χ4n) is 3.55. The van der Waals surface area contributed by atoms with Crippen molar-refractivity contribution in [2.45, 2.75) is 57.4 Å². The first-order chi connectivity index (χ1) is 14.2. The Hall–Kier alpha value is -2.75. The topological polar surface area (TPSA) is 38.7 Å². The molecule has 0 saturated carbocycles. The Morgan fingerprint density at radius 3 is 2.34 bits per heavy atom. The number of carbonyl (C=O) groups excluding carboxylic acids is 1. The summed E-state index contributed by atoms with van der Waals surface area (Å²) < 4.78 is 20.4. The summed E-state index contributed by atoms with van der Waals surface area (Å²) in [6.07, 6.45) is 7.77. The Morgan fingerprint density at radius 1 is 1.00 bits per heavy atom. The molecule has 1 atom stereocenters. The van der Waals surface area contributed by atoms with Crippen LogP contribution in [0.2, 0.25) is 0 Å². The number of ether oxygens (including phenoxy) is 1. The monoisotopic (exact) mass is 393 g/mol. The lowest BCUT2D eigenvalue weighted by atomic mass is 9.87. The van der Waals surface area contributed by atoms with E-state index in [1.165, 1.54) is 19.3 Å². The fraction of sp³-hybridized carbons (Fsp3) is 0.360. The summed E-state index contributed by atoms with van der Waals surface area (Å²) in [6.45, 7) is 2.17. The average Bonchev–Trinajstić information content (AvgIpc) is 3.09. The third kappa shape index (κ3) is 5.20. The van der Waals surface area contributed by atoms with E-state index in [9.17, 15) is 9.18 Å². The second-order valence-corrected chi connectivity index (χ2v) is 7.43. The van der Waals surface area contributed by atoms with Gasteiger partial charge in [-0.15, -0.1) is 0 Å². The molecular weight excluding hydrogens is 365 g/mol. The lowest BCUT2D eigenvalue weighted by Crippen LogP contribution is -2.31. The molecule has 0 radical (unpaired) electrons. The molecule has 3 nitrogen and oxygen atoms in total. The van der Waals surface area contributed by atoms with Gasteiger partial charge in [0.1, 0.15) is 0 Å². The molecule has 1 unspecified atom stereocenters. The molecular formula is C25H28FNO2. The van der Waals surface area contributed by atoms with Gasteiger partial charge < -0.3 is 4.74 Å². The molecule has 29 heavy (non-hydrogen) atoms. The number of benzene rings is 2. The van der Waals surface area contributed by atoms with Gasteiger partial charge in [0.25, 0.3) is 0 Å². The maximum Gasteiger partial charge on any atom is 0.346 e. The second kappa shape index (κ2) is 10.1. The largest absolute Gasteiger partial charge is 0.405 e. The van der Waals surface area contributed by atoms with Crippen LogP contribution in [0.5, 0.6) is 0 Å². The van der Waals surface area contributed by atoms with Crippen molar-refractivity contribution in [3.63, 3.8) is 0 Å². The molecule has 1 aliphatic rings. The van der Waals surface area contributed by atoms with E-state index in [2.05, 4.69) is 11.9 Å². The molecule has 0 spiro atoms. The molecule has 0 amide bonds. The minimum atomic E-state index is -1.38. The zero-order chi connectivity index (χ0) is 20.5. The molecule has 0 fully saturated rings. The number of esters is 1. The van der Waals surface area contributed by atoms with Crippen LogP contribution in [0.25, 0.3) is 0 Å². The molecule has 0 aromatic heterocycles. The summed E-state index contributed by atoms with van der Waals surface area (Å²) in [5, 5.41) is 0. The third-order valence-corrected chi connectivity index (χ3v) is 5.19. The third-order valence-electron chi connectivity index (χ3n) is 5.19. The number of hydrogen-bond acceptors (Lipinski definition) is 3. The van der Waals surface area contributed by atoms with Crippen molar-refractivity contribution in [2.75, 3.05) is 0 Å². The Balaban J connectivity index is 1.82. The Labute approximate surface area is 172 Å². The van der Waals surface area contributed by atoms with E-state index in [1.807, 2.05) is 48.5 Å². The minimum Gasteiger partial charge on any atom is -0.405 e. The van der Waals surface area contributed by atoms with E-state index in [-0.39, 0.29) is 18.1 Å². The van der Waals surface area contributed by atoms with Crippen LogP contribution in [-0.2, 0) is 15.1 Å². The van der Waals surface area contributed by atoms with E-state index in [1.54, 1.807) is 18.2 Å². The summed E-state index contributed by atoms with van der Waals surface area (Å²) in [5.74, 6) is -0.611. The highest BCUT2D eigenvalue weighted by Gasteiger charge is 2.48. The molecule has 1 aliphatic heterocycles. The van der Waals surface area contributed by atoms with Crippen molar-refractivity contribution in [1.82, 2.24) is 0 Å². The van der Waals surface area contributed by atoms with Gasteiger partial charge in [0.05, 0.1) is 5.83 Å². The van der Waals surface area contributed by atoms with Crippen LogP contribution in [0.15, 0.2) is 77.6 Å². The number of halogens is 1. The smallest absolute Gasteiger partial charge is 0.346 e. The summed E-state index contributed by atoms with van der Waals surface area (Å²) >= 11 is 0. The summed E-state index contributed by atoms with van der Waals surface area (Å²) in [5.41, 5.74) is -0.0312. The number of aliphatic imine (C=N–C) groups is 1. The van der Waals surface area contributed by atoms with Gasteiger partial charge in [0.15, 0.2) is 5.54 Å². The summed E-state index contributed by atoms with van der Waals surface area (Å²) in [4.78, 5) is 17.5. The summed E-state index contributed by atoms with van der Waals surface area (Å²) in [6, 6.07) is 18.4. The van der Waals surface area contributed by atoms with Crippen LogP contribution in [-0.4, -0.2) is 11.9 Å². The molecule has 0 saturated heterocycles. The maximum absolute atomic E-state index is 14.8. The molecule has 0 aliphatic carbocycles. The first-order valence-corrected chi connectivity index (χ1v) is 10.4. The standard InChI is InChI=1S/C25H28FNO2/c1-2-3-4-5-6-13-18-22(26)19-25(21-16-11-8-12-17-21)24(28)29-23(27-25)20-14-9-7-10-15-20/h7-12,14-18H,2-6,13,19H2,1H3/b22-18-. The first kappa shape index (κ1) is 21.0. The molecule has 3 rings (SSSR count). The predicted molar refractivity (Wildman–Crippen MR) is 114 cm³/mol. The molecule has 152 valence electrons. The zero-order valence-electron chi connectivity index (χ0n) is 16.9. The average molecular weight is 394 g/mol. The predicted octanol–water partition coefficient (Wildman–Crippen LogP) is 6.49. The number of hydrogen-bond donors (Lipinski definition) is 0. The lowest BCUT2D eigenvalue weighted by molar-refractivity contribution is -0.139. The van der Waals surface area contributed by atoms with Crippen LogP contribution < -0.4 is 0 Å². The number of unbranched alkanes of at least 4 members (excludes halogenated alkanes) is 5. The van der Waals surface area contributed by atoms with E-state index in [4.69, 9.17) is 4.74 Å². The van der Waals surface area contributed by atoms with Crippen molar-refractivity contribution in [3.8, 4) is 0 Å². The molecule has 0 bridgehead atoms. The first-order valence-electron chi connectivity index (χ1n) is 10.4. The van der Waals surface area contributed by atoms with Crippen molar-refractivity contribution < 1.29 is 13.9 Å². The number of cyclic esters (lactones) is 1. The van der Waals surface area contributed by atoms with Gasteiger partial charge in [0, 0.05) is 12.0 Å². The fourth-order valence-corrected chi connectivity index (χ4v) is 3.55. The van der Waals surface area contributed by atoms with Crippen molar-refractivity contribution in [1.29, 1.82) is 0 Å². The highest BCUT2D eigenvalue weighted by molar-refractivity contribution is 6.08. The van der Waals surface area contributed by atoms with Gasteiger partial charge in [-0.3, -0.25) is 0 Å².